The molecule has 0 heterocycles. The van der Waals surface area contributed by atoms with Crippen LogP contribution >= 0.6 is 0 Å². The summed E-state index contributed by atoms with van der Waals surface area (Å²) in [7, 11) is 1.59. The Labute approximate surface area is 195 Å². The average Bonchev–Trinajstić information content (AvgIpc) is 2.81. The summed E-state index contributed by atoms with van der Waals surface area (Å²) in [4.78, 5) is 12.1. The standard InChI is InChI=1S/C27H30N2O4/c1-18-10-11-20(3)27(21(18)4)33-17-26(30)29-28-15-22-12-13-24(25(14-22)31-5)32-16-23-9-7-6-8-19(23)2/h6-15H,16-17H2,1-5H3,(H,29,30)/b28-15+. The van der Waals surface area contributed by atoms with Gasteiger partial charge in [0.25, 0.3) is 5.91 Å². The molecule has 0 fully saturated rings. The van der Waals surface area contributed by atoms with Gasteiger partial charge in [-0.1, -0.05) is 36.4 Å². The molecule has 3 aromatic rings. The van der Waals surface area contributed by atoms with Crippen LogP contribution in [-0.4, -0.2) is 25.8 Å². The Morgan fingerprint density at radius 2 is 1.67 bits per heavy atom. The molecule has 1 amide bonds. The highest BCUT2D eigenvalue weighted by molar-refractivity contribution is 5.83. The Morgan fingerprint density at radius 1 is 0.909 bits per heavy atom. The molecule has 0 aliphatic rings. The van der Waals surface area contributed by atoms with Crippen molar-refractivity contribution in [3.63, 3.8) is 0 Å². The lowest BCUT2D eigenvalue weighted by Gasteiger charge is -2.13. The predicted molar refractivity (Wildman–Crippen MR) is 130 cm³/mol. The molecule has 0 radical (unpaired) electrons. The summed E-state index contributed by atoms with van der Waals surface area (Å²) in [5.74, 6) is 1.63. The highest BCUT2D eigenvalue weighted by atomic mass is 16.5. The largest absolute Gasteiger partial charge is 0.493 e. The van der Waals surface area contributed by atoms with Gasteiger partial charge in [0.1, 0.15) is 12.4 Å². The van der Waals surface area contributed by atoms with Crippen molar-refractivity contribution in [2.45, 2.75) is 34.3 Å². The summed E-state index contributed by atoms with van der Waals surface area (Å²) in [5.41, 5.74) is 8.69. The lowest BCUT2D eigenvalue weighted by Crippen LogP contribution is -2.25. The first-order valence-corrected chi connectivity index (χ1v) is 10.8. The second kappa shape index (κ2) is 11.2. The molecule has 3 rings (SSSR count). The molecule has 0 unspecified atom stereocenters. The number of nitrogens with zero attached hydrogens (tertiary/aromatic N) is 1. The molecular weight excluding hydrogens is 416 g/mol. The minimum atomic E-state index is -0.336. The molecule has 0 saturated carbocycles. The molecular formula is C27H30N2O4. The fraction of sp³-hybridized carbons (Fsp3) is 0.259. The van der Waals surface area contributed by atoms with E-state index in [4.69, 9.17) is 14.2 Å². The quantitative estimate of drug-likeness (QED) is 0.369. The van der Waals surface area contributed by atoms with Gasteiger partial charge < -0.3 is 14.2 Å². The van der Waals surface area contributed by atoms with Gasteiger partial charge in [0.15, 0.2) is 18.1 Å². The number of amides is 1. The lowest BCUT2D eigenvalue weighted by atomic mass is 10.1. The monoisotopic (exact) mass is 446 g/mol. The summed E-state index contributed by atoms with van der Waals surface area (Å²) in [6, 6.07) is 17.6. The molecule has 0 aromatic heterocycles. The van der Waals surface area contributed by atoms with Gasteiger partial charge in [-0.05, 0) is 79.3 Å². The van der Waals surface area contributed by atoms with Crippen LogP contribution in [-0.2, 0) is 11.4 Å². The summed E-state index contributed by atoms with van der Waals surface area (Å²) in [6.07, 6.45) is 1.55. The van der Waals surface area contributed by atoms with E-state index in [0.717, 1.165) is 33.6 Å². The van der Waals surface area contributed by atoms with E-state index in [1.807, 2.05) is 63.2 Å². The number of hydrogen-bond donors (Lipinski definition) is 1. The Morgan fingerprint density at radius 3 is 2.42 bits per heavy atom. The van der Waals surface area contributed by atoms with Gasteiger partial charge >= 0.3 is 0 Å². The normalized spacial score (nSPS) is 10.8. The first kappa shape index (κ1) is 23.9. The maximum absolute atomic E-state index is 12.1. The fourth-order valence-electron chi connectivity index (χ4n) is 3.31. The summed E-state index contributed by atoms with van der Waals surface area (Å²) in [5, 5.41) is 4.03. The zero-order valence-corrected chi connectivity index (χ0v) is 19.8. The topological polar surface area (TPSA) is 69.2 Å². The molecule has 0 saturated heterocycles. The molecule has 0 bridgehead atoms. The number of ether oxygens (including phenoxy) is 3. The summed E-state index contributed by atoms with van der Waals surface area (Å²) >= 11 is 0. The lowest BCUT2D eigenvalue weighted by molar-refractivity contribution is -0.123. The highest BCUT2D eigenvalue weighted by Gasteiger charge is 2.09. The van der Waals surface area contributed by atoms with Crippen LogP contribution in [0.25, 0.3) is 0 Å². The van der Waals surface area contributed by atoms with Gasteiger partial charge in [-0.3, -0.25) is 4.79 Å². The molecule has 3 aromatic carbocycles. The Balaban J connectivity index is 1.56. The molecule has 6 heteroatoms. The van der Waals surface area contributed by atoms with Crippen molar-refractivity contribution in [2.75, 3.05) is 13.7 Å². The van der Waals surface area contributed by atoms with E-state index in [1.165, 1.54) is 5.56 Å². The van der Waals surface area contributed by atoms with Gasteiger partial charge in [-0.25, -0.2) is 5.43 Å². The van der Waals surface area contributed by atoms with Crippen molar-refractivity contribution < 1.29 is 19.0 Å². The minimum absolute atomic E-state index is 0.114. The molecule has 0 aliphatic heterocycles. The third-order valence-corrected chi connectivity index (χ3v) is 5.46. The van der Waals surface area contributed by atoms with E-state index in [1.54, 1.807) is 19.4 Å². The number of hydrogen-bond acceptors (Lipinski definition) is 5. The zero-order chi connectivity index (χ0) is 23.8. The van der Waals surface area contributed by atoms with Gasteiger partial charge in [0.05, 0.1) is 13.3 Å². The van der Waals surface area contributed by atoms with Crippen LogP contribution in [0.2, 0.25) is 0 Å². The Bertz CT molecular complexity index is 1150. The van der Waals surface area contributed by atoms with Crippen molar-refractivity contribution in [2.24, 2.45) is 5.10 Å². The number of carbonyl (C=O) groups is 1. The zero-order valence-electron chi connectivity index (χ0n) is 19.8. The number of methoxy groups -OCH3 is 1. The van der Waals surface area contributed by atoms with E-state index < -0.39 is 0 Å². The van der Waals surface area contributed by atoms with Crippen LogP contribution in [0.4, 0.5) is 0 Å². The number of carbonyl (C=O) groups excluding carboxylic acids is 1. The number of hydrazone groups is 1. The minimum Gasteiger partial charge on any atom is -0.493 e. The van der Waals surface area contributed by atoms with Crippen LogP contribution < -0.4 is 19.6 Å². The maximum Gasteiger partial charge on any atom is 0.277 e. The second-order valence-corrected chi connectivity index (χ2v) is 7.86. The SMILES string of the molecule is COc1cc(/C=N/NC(=O)COc2c(C)ccc(C)c2C)ccc1OCc1ccccc1C. The first-order chi connectivity index (χ1) is 15.9. The number of benzene rings is 3. The molecule has 6 nitrogen and oxygen atoms in total. The van der Waals surface area contributed by atoms with Gasteiger partial charge in [-0.15, -0.1) is 0 Å². The number of rotatable bonds is 9. The summed E-state index contributed by atoms with van der Waals surface area (Å²) < 4.78 is 17.1. The molecule has 33 heavy (non-hydrogen) atoms. The summed E-state index contributed by atoms with van der Waals surface area (Å²) in [6.45, 7) is 8.34. The van der Waals surface area contributed by atoms with Crippen molar-refractivity contribution in [1.82, 2.24) is 5.43 Å². The van der Waals surface area contributed by atoms with Crippen molar-refractivity contribution in [3.05, 3.63) is 88.0 Å². The molecule has 0 aliphatic carbocycles. The Hall–Kier alpha value is -3.80. The van der Waals surface area contributed by atoms with E-state index in [-0.39, 0.29) is 12.5 Å². The first-order valence-electron chi connectivity index (χ1n) is 10.8. The smallest absolute Gasteiger partial charge is 0.277 e. The molecule has 1 N–H and O–H groups in total. The van der Waals surface area contributed by atoms with Crippen LogP contribution in [0.1, 0.15) is 33.4 Å². The van der Waals surface area contributed by atoms with Crippen molar-refractivity contribution in [3.8, 4) is 17.2 Å². The number of nitrogens with one attached hydrogen (secondary N) is 1. The van der Waals surface area contributed by atoms with E-state index in [2.05, 4.69) is 23.5 Å². The fourth-order valence-corrected chi connectivity index (χ4v) is 3.31. The van der Waals surface area contributed by atoms with Gasteiger partial charge in [-0.2, -0.15) is 5.10 Å². The Kier molecular flexibility index (Phi) is 8.08. The van der Waals surface area contributed by atoms with Gasteiger partial charge in [0.2, 0.25) is 0 Å². The average molecular weight is 447 g/mol. The molecule has 0 atom stereocenters. The van der Waals surface area contributed by atoms with Crippen LogP contribution in [0.3, 0.4) is 0 Å². The van der Waals surface area contributed by atoms with Gasteiger partial charge in [0, 0.05) is 0 Å². The van der Waals surface area contributed by atoms with Crippen molar-refractivity contribution >= 4 is 12.1 Å². The van der Waals surface area contributed by atoms with Crippen molar-refractivity contribution in [1.29, 1.82) is 0 Å². The van der Waals surface area contributed by atoms with Crippen LogP contribution in [0.5, 0.6) is 17.2 Å². The second-order valence-electron chi connectivity index (χ2n) is 7.86. The molecule has 172 valence electrons. The number of aryl methyl sites for hydroxylation is 3. The maximum atomic E-state index is 12.1. The van der Waals surface area contributed by atoms with Crippen LogP contribution in [0, 0.1) is 27.7 Å². The van der Waals surface area contributed by atoms with E-state index in [9.17, 15) is 4.79 Å². The van der Waals surface area contributed by atoms with E-state index >= 15 is 0 Å². The van der Waals surface area contributed by atoms with Crippen LogP contribution in [0.15, 0.2) is 59.7 Å². The highest BCUT2D eigenvalue weighted by Crippen LogP contribution is 2.29. The third kappa shape index (κ3) is 6.35. The molecule has 0 spiro atoms. The third-order valence-electron chi connectivity index (χ3n) is 5.46. The van der Waals surface area contributed by atoms with E-state index in [0.29, 0.717) is 18.1 Å². The predicted octanol–water partition coefficient (Wildman–Crippen LogP) is 5.04.